The van der Waals surface area contributed by atoms with Gasteiger partial charge in [-0.2, -0.15) is 4.39 Å². The maximum Gasteiger partial charge on any atom is 0.201 e. The number of hydrogen-bond acceptors (Lipinski definition) is 1. The minimum Gasteiger partial charge on any atom is -0.490 e. The Kier molecular flexibility index (Phi) is 8.84. The van der Waals surface area contributed by atoms with Crippen LogP contribution >= 0.6 is 0 Å². The van der Waals surface area contributed by atoms with E-state index in [-0.39, 0.29) is 11.3 Å². The fourth-order valence-electron chi connectivity index (χ4n) is 2.75. The summed E-state index contributed by atoms with van der Waals surface area (Å²) in [4.78, 5) is 0. The van der Waals surface area contributed by atoms with Crippen molar-refractivity contribution in [2.24, 2.45) is 0 Å². The summed E-state index contributed by atoms with van der Waals surface area (Å²) < 4.78 is 33.7. The van der Waals surface area contributed by atoms with Crippen LogP contribution < -0.4 is 4.74 Å². The Morgan fingerprint density at radius 3 is 2.19 bits per heavy atom. The van der Waals surface area contributed by atoms with Gasteiger partial charge in [0.1, 0.15) is 0 Å². The second-order valence-corrected chi connectivity index (χ2v) is 6.70. The second-order valence-electron chi connectivity index (χ2n) is 6.70. The highest BCUT2D eigenvalue weighted by atomic mass is 19.2. The molecule has 0 spiro atoms. The summed E-state index contributed by atoms with van der Waals surface area (Å²) in [5, 5.41) is 0. The van der Waals surface area contributed by atoms with Gasteiger partial charge < -0.3 is 4.74 Å². The first-order chi connectivity index (χ1) is 13.2. The molecule has 0 unspecified atom stereocenters. The third kappa shape index (κ3) is 6.71. The summed E-state index contributed by atoms with van der Waals surface area (Å²) in [5.41, 5.74) is 2.10. The van der Waals surface area contributed by atoms with Gasteiger partial charge in [-0.25, -0.2) is 4.39 Å². The third-order valence-corrected chi connectivity index (χ3v) is 4.42. The van der Waals surface area contributed by atoms with Crippen LogP contribution in [-0.4, -0.2) is 6.61 Å². The lowest BCUT2D eigenvalue weighted by molar-refractivity contribution is 0.286. The summed E-state index contributed by atoms with van der Waals surface area (Å²) in [6, 6.07) is 10.9. The van der Waals surface area contributed by atoms with Crippen LogP contribution in [0.3, 0.4) is 0 Å². The van der Waals surface area contributed by atoms with Crippen LogP contribution in [0, 0.1) is 23.5 Å². The van der Waals surface area contributed by atoms with Gasteiger partial charge in [-0.05, 0) is 49.1 Å². The van der Waals surface area contributed by atoms with E-state index >= 15 is 0 Å². The molecule has 0 aliphatic carbocycles. The Balaban J connectivity index is 2.02. The normalized spacial score (nSPS) is 10.4. The van der Waals surface area contributed by atoms with E-state index in [1.807, 2.05) is 24.3 Å². The zero-order chi connectivity index (χ0) is 19.5. The van der Waals surface area contributed by atoms with Crippen molar-refractivity contribution < 1.29 is 13.5 Å². The highest BCUT2D eigenvalue weighted by Crippen LogP contribution is 2.22. The van der Waals surface area contributed by atoms with Gasteiger partial charge in [0.15, 0.2) is 11.6 Å². The van der Waals surface area contributed by atoms with Crippen molar-refractivity contribution in [3.63, 3.8) is 0 Å². The molecule has 0 bridgehead atoms. The fourth-order valence-corrected chi connectivity index (χ4v) is 2.75. The van der Waals surface area contributed by atoms with E-state index in [0.717, 1.165) is 31.2 Å². The molecule has 2 aromatic carbocycles. The second kappa shape index (κ2) is 11.4. The molecule has 0 heterocycles. The van der Waals surface area contributed by atoms with Crippen LogP contribution in [0.5, 0.6) is 5.75 Å². The monoisotopic (exact) mass is 370 g/mol. The van der Waals surface area contributed by atoms with Crippen LogP contribution in [0.2, 0.25) is 0 Å². The van der Waals surface area contributed by atoms with Crippen molar-refractivity contribution in [1.29, 1.82) is 0 Å². The van der Waals surface area contributed by atoms with Crippen molar-refractivity contribution in [2.75, 3.05) is 6.61 Å². The predicted molar refractivity (Wildman–Crippen MR) is 107 cm³/mol. The van der Waals surface area contributed by atoms with E-state index in [0.29, 0.717) is 6.61 Å². The van der Waals surface area contributed by atoms with E-state index in [9.17, 15) is 8.78 Å². The molecular formula is C24H28F2O. The van der Waals surface area contributed by atoms with Gasteiger partial charge in [0.25, 0.3) is 0 Å². The first kappa shape index (κ1) is 21.0. The maximum atomic E-state index is 14.2. The SMILES string of the molecule is CCCCCOc1ccc(C#Cc2ccc(CCCCC)cc2)c(F)c1F. The molecule has 0 aliphatic heterocycles. The van der Waals surface area contributed by atoms with Gasteiger partial charge >= 0.3 is 0 Å². The molecule has 2 rings (SSSR count). The Morgan fingerprint density at radius 2 is 1.48 bits per heavy atom. The van der Waals surface area contributed by atoms with Crippen LogP contribution in [0.1, 0.15) is 69.1 Å². The highest BCUT2D eigenvalue weighted by molar-refractivity contribution is 5.46. The summed E-state index contributed by atoms with van der Waals surface area (Å²) in [6.45, 7) is 4.65. The van der Waals surface area contributed by atoms with Crippen LogP contribution in [-0.2, 0) is 6.42 Å². The van der Waals surface area contributed by atoms with Crippen molar-refractivity contribution in [1.82, 2.24) is 0 Å². The molecule has 0 saturated carbocycles. The molecule has 0 aliphatic rings. The summed E-state index contributed by atoms with van der Waals surface area (Å²) >= 11 is 0. The molecule has 0 atom stereocenters. The van der Waals surface area contributed by atoms with Crippen LogP contribution in [0.4, 0.5) is 8.78 Å². The molecule has 0 radical (unpaired) electrons. The molecule has 2 aromatic rings. The number of rotatable bonds is 9. The molecule has 0 amide bonds. The zero-order valence-electron chi connectivity index (χ0n) is 16.3. The van der Waals surface area contributed by atoms with Gasteiger partial charge in [0.2, 0.25) is 5.82 Å². The molecule has 0 fully saturated rings. The van der Waals surface area contributed by atoms with Crippen LogP contribution in [0.15, 0.2) is 36.4 Å². The number of benzene rings is 2. The van der Waals surface area contributed by atoms with Gasteiger partial charge in [-0.15, -0.1) is 0 Å². The summed E-state index contributed by atoms with van der Waals surface area (Å²) in [7, 11) is 0. The first-order valence-corrected chi connectivity index (χ1v) is 9.87. The van der Waals surface area contributed by atoms with Crippen molar-refractivity contribution >= 4 is 0 Å². The van der Waals surface area contributed by atoms with E-state index < -0.39 is 11.6 Å². The number of ether oxygens (including phenoxy) is 1. The number of halogens is 2. The molecule has 27 heavy (non-hydrogen) atoms. The Bertz CT molecular complexity index is 769. The molecule has 0 aromatic heterocycles. The van der Waals surface area contributed by atoms with Gasteiger partial charge in [-0.3, -0.25) is 0 Å². The molecule has 144 valence electrons. The molecule has 0 N–H and O–H groups in total. The summed E-state index contributed by atoms with van der Waals surface area (Å²) in [5.74, 6) is 3.66. The average Bonchev–Trinajstić information content (AvgIpc) is 2.69. The topological polar surface area (TPSA) is 9.23 Å². The van der Waals surface area contributed by atoms with Crippen molar-refractivity contribution in [2.45, 2.75) is 58.8 Å². The molecule has 1 nitrogen and oxygen atoms in total. The van der Waals surface area contributed by atoms with Crippen molar-refractivity contribution in [3.05, 3.63) is 64.7 Å². The van der Waals surface area contributed by atoms with Gasteiger partial charge in [0.05, 0.1) is 12.2 Å². The Morgan fingerprint density at radius 1 is 0.778 bits per heavy atom. The number of aryl methyl sites for hydroxylation is 1. The molecule has 0 saturated heterocycles. The lowest BCUT2D eigenvalue weighted by Gasteiger charge is -2.08. The Labute approximate surface area is 161 Å². The quantitative estimate of drug-likeness (QED) is 0.354. The first-order valence-electron chi connectivity index (χ1n) is 9.87. The highest BCUT2D eigenvalue weighted by Gasteiger charge is 2.13. The maximum absolute atomic E-state index is 14.2. The smallest absolute Gasteiger partial charge is 0.201 e. The van der Waals surface area contributed by atoms with Crippen LogP contribution in [0.25, 0.3) is 0 Å². The number of hydrogen-bond donors (Lipinski definition) is 0. The molecule has 3 heteroatoms. The van der Waals surface area contributed by atoms with E-state index in [4.69, 9.17) is 4.74 Å². The minimum atomic E-state index is -0.968. The van der Waals surface area contributed by atoms with Gasteiger partial charge in [-0.1, -0.05) is 63.5 Å². The van der Waals surface area contributed by atoms with E-state index in [1.165, 1.54) is 37.0 Å². The Hall–Kier alpha value is -2.34. The van der Waals surface area contributed by atoms with Gasteiger partial charge in [0, 0.05) is 5.56 Å². The minimum absolute atomic E-state index is 0.0421. The fraction of sp³-hybridized carbons (Fsp3) is 0.417. The van der Waals surface area contributed by atoms with Crippen molar-refractivity contribution in [3.8, 4) is 17.6 Å². The standard InChI is InChI=1S/C24H28F2O/c1-3-5-7-9-19-10-12-20(13-11-19)14-15-21-16-17-22(24(26)23(21)25)27-18-8-6-4-2/h10-13,16-17H,3-9,18H2,1-2H3. The zero-order valence-corrected chi connectivity index (χ0v) is 16.3. The summed E-state index contributed by atoms with van der Waals surface area (Å²) in [6.07, 6.45) is 7.55. The number of unbranched alkanes of at least 4 members (excludes halogenated alkanes) is 4. The lowest BCUT2D eigenvalue weighted by Crippen LogP contribution is -2.01. The lowest BCUT2D eigenvalue weighted by atomic mass is 10.1. The molecular weight excluding hydrogens is 342 g/mol. The predicted octanol–water partition coefficient (Wildman–Crippen LogP) is 6.67. The largest absolute Gasteiger partial charge is 0.490 e. The van der Waals surface area contributed by atoms with E-state index in [1.54, 1.807) is 0 Å². The average molecular weight is 370 g/mol. The van der Waals surface area contributed by atoms with E-state index in [2.05, 4.69) is 25.7 Å². The third-order valence-electron chi connectivity index (χ3n) is 4.42.